The molecule has 2 rings (SSSR count). The average molecular weight is 269 g/mol. The van der Waals surface area contributed by atoms with Crippen LogP contribution in [-0.4, -0.2) is 25.2 Å². The van der Waals surface area contributed by atoms with Gasteiger partial charge in [0.15, 0.2) is 0 Å². The Hall–Kier alpha value is -2.69. The molecule has 0 aliphatic heterocycles. The topological polar surface area (TPSA) is 65.3 Å². The van der Waals surface area contributed by atoms with Crippen LogP contribution in [0, 0.1) is 0 Å². The van der Waals surface area contributed by atoms with Gasteiger partial charge in [-0.15, -0.1) is 10.2 Å². The largest absolute Gasteiger partial charge is 0.478 e. The zero-order chi connectivity index (χ0) is 14.5. The molecular weight excluding hydrogens is 254 g/mol. The summed E-state index contributed by atoms with van der Waals surface area (Å²) in [5, 5.41) is 17.3. The Balaban J connectivity index is 2.38. The van der Waals surface area contributed by atoms with Crippen molar-refractivity contribution < 1.29 is 9.90 Å². The van der Waals surface area contributed by atoms with Gasteiger partial charge in [0, 0.05) is 14.1 Å². The molecule has 0 saturated heterocycles. The third kappa shape index (κ3) is 3.00. The summed E-state index contributed by atoms with van der Waals surface area (Å²) in [6, 6.07) is 14.1. The Kier molecular flexibility index (Phi) is 4.10. The van der Waals surface area contributed by atoms with Crippen LogP contribution in [0.2, 0.25) is 0 Å². The SMILES string of the molecule is CN(C)c1ccccc1/N=N/c1ccccc1C(=O)O. The fourth-order valence-electron chi connectivity index (χ4n) is 1.78. The molecule has 1 N–H and O–H groups in total. The first-order chi connectivity index (χ1) is 9.59. The summed E-state index contributed by atoms with van der Waals surface area (Å²) < 4.78 is 0. The van der Waals surface area contributed by atoms with E-state index < -0.39 is 5.97 Å². The highest BCUT2D eigenvalue weighted by Gasteiger charge is 2.08. The molecule has 2 aromatic carbocycles. The Morgan fingerprint density at radius 2 is 1.50 bits per heavy atom. The van der Waals surface area contributed by atoms with Gasteiger partial charge in [-0.05, 0) is 24.3 Å². The summed E-state index contributed by atoms with van der Waals surface area (Å²) in [7, 11) is 3.83. The Morgan fingerprint density at radius 3 is 2.15 bits per heavy atom. The first-order valence-electron chi connectivity index (χ1n) is 6.10. The molecule has 0 amide bonds. The smallest absolute Gasteiger partial charge is 0.337 e. The van der Waals surface area contributed by atoms with Gasteiger partial charge < -0.3 is 10.0 Å². The molecule has 0 spiro atoms. The second kappa shape index (κ2) is 5.97. The van der Waals surface area contributed by atoms with Gasteiger partial charge in [-0.25, -0.2) is 4.79 Å². The summed E-state index contributed by atoms with van der Waals surface area (Å²) in [6.45, 7) is 0. The number of benzene rings is 2. The van der Waals surface area contributed by atoms with Gasteiger partial charge in [-0.2, -0.15) is 0 Å². The molecule has 2 aromatic rings. The molecule has 0 aliphatic rings. The minimum atomic E-state index is -1.01. The second-order valence-electron chi connectivity index (χ2n) is 4.41. The molecule has 0 heterocycles. The predicted octanol–water partition coefficient (Wildman–Crippen LogP) is 3.87. The monoisotopic (exact) mass is 269 g/mol. The molecule has 0 bridgehead atoms. The number of carboxylic acids is 1. The van der Waals surface area contributed by atoms with Crippen molar-refractivity contribution in [3.63, 3.8) is 0 Å². The number of carbonyl (C=O) groups is 1. The molecule has 20 heavy (non-hydrogen) atoms. The molecule has 0 saturated carbocycles. The number of rotatable bonds is 4. The maximum absolute atomic E-state index is 11.1. The zero-order valence-electron chi connectivity index (χ0n) is 11.3. The van der Waals surface area contributed by atoms with Crippen molar-refractivity contribution in [2.75, 3.05) is 19.0 Å². The number of hydrogen-bond acceptors (Lipinski definition) is 4. The fraction of sp³-hybridized carbons (Fsp3) is 0.133. The van der Waals surface area contributed by atoms with E-state index in [2.05, 4.69) is 10.2 Å². The summed E-state index contributed by atoms with van der Waals surface area (Å²) in [5.41, 5.74) is 2.09. The molecule has 0 atom stereocenters. The van der Waals surface area contributed by atoms with Crippen LogP contribution in [0.5, 0.6) is 0 Å². The molecule has 0 aromatic heterocycles. The van der Waals surface area contributed by atoms with Gasteiger partial charge in [0.1, 0.15) is 11.4 Å². The van der Waals surface area contributed by atoms with Crippen molar-refractivity contribution in [3.8, 4) is 0 Å². The van der Waals surface area contributed by atoms with Crippen LogP contribution < -0.4 is 4.90 Å². The number of carboxylic acid groups (broad SMARTS) is 1. The minimum absolute atomic E-state index is 0.138. The highest BCUT2D eigenvalue weighted by atomic mass is 16.4. The quantitative estimate of drug-likeness (QED) is 0.857. The van der Waals surface area contributed by atoms with Crippen molar-refractivity contribution in [1.82, 2.24) is 0 Å². The summed E-state index contributed by atoms with van der Waals surface area (Å²) >= 11 is 0. The Labute approximate surface area is 117 Å². The minimum Gasteiger partial charge on any atom is -0.478 e. The lowest BCUT2D eigenvalue weighted by Gasteiger charge is -2.13. The number of nitrogens with zero attached hydrogens (tertiary/aromatic N) is 3. The number of azo groups is 1. The number of hydrogen-bond donors (Lipinski definition) is 1. The molecular formula is C15H15N3O2. The van der Waals surface area contributed by atoms with Crippen molar-refractivity contribution in [3.05, 3.63) is 54.1 Å². The lowest BCUT2D eigenvalue weighted by Crippen LogP contribution is -2.08. The van der Waals surface area contributed by atoms with Gasteiger partial charge in [-0.1, -0.05) is 24.3 Å². The number of anilines is 1. The van der Waals surface area contributed by atoms with Crippen LogP contribution in [-0.2, 0) is 0 Å². The van der Waals surface area contributed by atoms with Gasteiger partial charge >= 0.3 is 5.97 Å². The predicted molar refractivity (Wildman–Crippen MR) is 78.3 cm³/mol. The van der Waals surface area contributed by atoms with E-state index >= 15 is 0 Å². The van der Waals surface area contributed by atoms with Crippen molar-refractivity contribution >= 4 is 23.0 Å². The fourth-order valence-corrected chi connectivity index (χ4v) is 1.78. The van der Waals surface area contributed by atoms with Crippen LogP contribution in [0.4, 0.5) is 17.1 Å². The van der Waals surface area contributed by atoms with Crippen LogP contribution in [0.3, 0.4) is 0 Å². The first-order valence-corrected chi connectivity index (χ1v) is 6.10. The third-order valence-corrected chi connectivity index (χ3v) is 2.76. The van der Waals surface area contributed by atoms with Gasteiger partial charge in [-0.3, -0.25) is 0 Å². The summed E-state index contributed by atoms with van der Waals surface area (Å²) in [6.07, 6.45) is 0. The normalized spacial score (nSPS) is 10.7. The molecule has 0 fully saturated rings. The van der Waals surface area contributed by atoms with Crippen molar-refractivity contribution in [2.45, 2.75) is 0 Å². The van der Waals surface area contributed by atoms with Crippen molar-refractivity contribution in [1.29, 1.82) is 0 Å². The molecule has 102 valence electrons. The van der Waals surface area contributed by atoms with Gasteiger partial charge in [0.25, 0.3) is 0 Å². The maximum atomic E-state index is 11.1. The van der Waals surface area contributed by atoms with E-state index in [0.717, 1.165) is 5.69 Å². The van der Waals surface area contributed by atoms with Crippen LogP contribution >= 0.6 is 0 Å². The lowest BCUT2D eigenvalue weighted by atomic mass is 10.2. The van der Waals surface area contributed by atoms with E-state index in [9.17, 15) is 4.79 Å². The first kappa shape index (κ1) is 13.7. The Bertz CT molecular complexity index is 651. The van der Waals surface area contributed by atoms with E-state index in [1.807, 2.05) is 43.3 Å². The highest BCUT2D eigenvalue weighted by molar-refractivity contribution is 5.93. The summed E-state index contributed by atoms with van der Waals surface area (Å²) in [5.74, 6) is -1.01. The van der Waals surface area contributed by atoms with Crippen LogP contribution in [0.1, 0.15) is 10.4 Å². The second-order valence-corrected chi connectivity index (χ2v) is 4.41. The molecule has 5 heteroatoms. The van der Waals surface area contributed by atoms with Crippen LogP contribution in [0.15, 0.2) is 58.8 Å². The van der Waals surface area contributed by atoms with Crippen LogP contribution in [0.25, 0.3) is 0 Å². The standard InChI is InChI=1S/C15H15N3O2/c1-18(2)14-10-6-5-9-13(14)17-16-12-8-4-3-7-11(12)15(19)20/h3-10H,1-2H3,(H,19,20)/b17-16+. The van der Waals surface area contributed by atoms with Crippen molar-refractivity contribution in [2.24, 2.45) is 10.2 Å². The van der Waals surface area contributed by atoms with E-state index in [0.29, 0.717) is 11.4 Å². The third-order valence-electron chi connectivity index (χ3n) is 2.76. The number of para-hydroxylation sites is 1. The van der Waals surface area contributed by atoms with E-state index in [-0.39, 0.29) is 5.56 Å². The van der Waals surface area contributed by atoms with E-state index in [4.69, 9.17) is 5.11 Å². The maximum Gasteiger partial charge on any atom is 0.337 e. The average Bonchev–Trinajstić information content (AvgIpc) is 2.45. The Morgan fingerprint density at radius 1 is 0.950 bits per heavy atom. The molecule has 5 nitrogen and oxygen atoms in total. The van der Waals surface area contributed by atoms with E-state index in [1.54, 1.807) is 18.2 Å². The molecule has 0 radical (unpaired) electrons. The highest BCUT2D eigenvalue weighted by Crippen LogP contribution is 2.29. The van der Waals surface area contributed by atoms with Gasteiger partial charge in [0.2, 0.25) is 0 Å². The van der Waals surface area contributed by atoms with Gasteiger partial charge in [0.05, 0.1) is 11.3 Å². The zero-order valence-corrected chi connectivity index (χ0v) is 11.3. The summed E-state index contributed by atoms with van der Waals surface area (Å²) in [4.78, 5) is 13.0. The lowest BCUT2D eigenvalue weighted by molar-refractivity contribution is 0.0698. The number of aromatic carboxylic acids is 1. The van der Waals surface area contributed by atoms with E-state index in [1.165, 1.54) is 6.07 Å². The molecule has 0 aliphatic carbocycles. The molecule has 0 unspecified atom stereocenters.